The highest BCUT2D eigenvalue weighted by molar-refractivity contribution is 7.22. The summed E-state index contributed by atoms with van der Waals surface area (Å²) in [6, 6.07) is 12.5. The van der Waals surface area contributed by atoms with Gasteiger partial charge in [0.25, 0.3) is 5.78 Å². The SMILES string of the molecule is C=CCOc1ccc(C2/C(=C(\O)c3ccncc3)C(=O)C(=O)N2c2nc3ccc(Cl)cc3s2)cc1OCC. The van der Waals surface area contributed by atoms with Gasteiger partial charge in [0.1, 0.15) is 12.4 Å². The van der Waals surface area contributed by atoms with Crippen molar-refractivity contribution >= 4 is 55.7 Å². The van der Waals surface area contributed by atoms with Crippen LogP contribution >= 0.6 is 22.9 Å². The van der Waals surface area contributed by atoms with E-state index in [4.69, 9.17) is 21.1 Å². The third-order valence-corrected chi connectivity index (χ3v) is 7.14. The number of hydrogen-bond donors (Lipinski definition) is 1. The number of pyridine rings is 1. The molecule has 1 unspecified atom stereocenters. The first kappa shape index (κ1) is 25.4. The van der Waals surface area contributed by atoms with E-state index in [0.29, 0.717) is 44.9 Å². The van der Waals surface area contributed by atoms with Gasteiger partial charge < -0.3 is 14.6 Å². The normalized spacial score (nSPS) is 16.7. The minimum absolute atomic E-state index is 0.0688. The molecular weight excluding hydrogens is 526 g/mol. The Balaban J connectivity index is 1.72. The lowest BCUT2D eigenvalue weighted by Crippen LogP contribution is -2.29. The molecule has 192 valence electrons. The van der Waals surface area contributed by atoms with E-state index >= 15 is 0 Å². The summed E-state index contributed by atoms with van der Waals surface area (Å²) in [6.45, 7) is 6.15. The van der Waals surface area contributed by atoms with Gasteiger partial charge in [-0.25, -0.2) is 4.98 Å². The zero-order chi connectivity index (χ0) is 26.8. The fourth-order valence-corrected chi connectivity index (χ4v) is 5.50. The standard InChI is InChI=1S/C28H22ClN3O5S/c1-3-13-37-20-8-5-17(14-21(20)36-4-2)24-23(25(33)16-9-11-30-12-10-16)26(34)27(35)32(24)28-31-19-7-6-18(29)15-22(19)38-28/h3,5-12,14-15,24,33H,1,4,13H2,2H3/b25-23+. The molecule has 0 radical (unpaired) electrons. The topological polar surface area (TPSA) is 102 Å². The molecule has 1 aliphatic heterocycles. The average molecular weight is 548 g/mol. The van der Waals surface area contributed by atoms with Gasteiger partial charge in [-0.15, -0.1) is 0 Å². The summed E-state index contributed by atoms with van der Waals surface area (Å²) in [5.41, 5.74) is 1.45. The van der Waals surface area contributed by atoms with Crippen LogP contribution in [-0.2, 0) is 9.59 Å². The zero-order valence-electron chi connectivity index (χ0n) is 20.3. The van der Waals surface area contributed by atoms with Gasteiger partial charge in [-0.1, -0.05) is 41.7 Å². The predicted octanol–water partition coefficient (Wildman–Crippen LogP) is 5.93. The van der Waals surface area contributed by atoms with Gasteiger partial charge in [-0.3, -0.25) is 19.5 Å². The Labute approximate surface area is 227 Å². The van der Waals surface area contributed by atoms with E-state index in [1.54, 1.807) is 54.6 Å². The molecule has 2 aromatic carbocycles. The zero-order valence-corrected chi connectivity index (χ0v) is 21.8. The number of anilines is 1. The number of rotatable bonds is 8. The number of amides is 1. The molecule has 8 nitrogen and oxygen atoms in total. The summed E-state index contributed by atoms with van der Waals surface area (Å²) in [6.07, 6.45) is 4.61. The van der Waals surface area contributed by atoms with E-state index in [1.807, 2.05) is 6.92 Å². The van der Waals surface area contributed by atoms with Crippen molar-refractivity contribution in [3.8, 4) is 11.5 Å². The van der Waals surface area contributed by atoms with Crippen LogP contribution in [0.2, 0.25) is 5.02 Å². The fraction of sp³-hybridized carbons (Fsp3) is 0.143. The molecule has 38 heavy (non-hydrogen) atoms. The van der Waals surface area contributed by atoms with E-state index in [1.165, 1.54) is 28.6 Å². The van der Waals surface area contributed by atoms with Crippen LogP contribution in [0.1, 0.15) is 24.1 Å². The Morgan fingerprint density at radius 2 is 1.92 bits per heavy atom. The molecule has 0 aliphatic carbocycles. The van der Waals surface area contributed by atoms with Gasteiger partial charge in [0, 0.05) is 23.0 Å². The summed E-state index contributed by atoms with van der Waals surface area (Å²) in [4.78, 5) is 36.8. The number of aliphatic hydroxyl groups excluding tert-OH is 1. The molecule has 10 heteroatoms. The average Bonchev–Trinajstić information content (AvgIpc) is 3.45. The van der Waals surface area contributed by atoms with Crippen LogP contribution in [-0.4, -0.2) is 40.0 Å². The van der Waals surface area contributed by atoms with E-state index < -0.39 is 17.7 Å². The van der Waals surface area contributed by atoms with Gasteiger partial charge >= 0.3 is 5.91 Å². The van der Waals surface area contributed by atoms with E-state index in [0.717, 1.165) is 4.70 Å². The number of thiazole rings is 1. The Kier molecular flexibility index (Phi) is 7.13. The summed E-state index contributed by atoms with van der Waals surface area (Å²) in [5, 5.41) is 12.1. The van der Waals surface area contributed by atoms with Crippen molar-refractivity contribution in [1.29, 1.82) is 0 Å². The number of halogens is 1. The number of ketones is 1. The van der Waals surface area contributed by atoms with Gasteiger partial charge in [0.15, 0.2) is 16.6 Å². The van der Waals surface area contributed by atoms with E-state index in [2.05, 4.69) is 16.5 Å². The molecule has 1 amide bonds. The van der Waals surface area contributed by atoms with Crippen molar-refractivity contribution in [3.05, 3.63) is 95.3 Å². The second kappa shape index (κ2) is 10.6. The van der Waals surface area contributed by atoms with Crippen LogP contribution in [0.3, 0.4) is 0 Å². The lowest BCUT2D eigenvalue weighted by atomic mass is 9.95. The molecule has 5 rings (SSSR count). The number of nitrogens with zero attached hydrogens (tertiary/aromatic N) is 3. The molecule has 0 saturated carbocycles. The summed E-state index contributed by atoms with van der Waals surface area (Å²) in [5.74, 6) is -1.03. The summed E-state index contributed by atoms with van der Waals surface area (Å²) in [7, 11) is 0. The van der Waals surface area contributed by atoms with Crippen LogP contribution in [0.4, 0.5) is 5.13 Å². The highest BCUT2D eigenvalue weighted by Gasteiger charge is 2.48. The molecule has 3 heterocycles. The quantitative estimate of drug-likeness (QED) is 0.126. The van der Waals surface area contributed by atoms with Crippen molar-refractivity contribution in [2.45, 2.75) is 13.0 Å². The second-order valence-corrected chi connectivity index (χ2v) is 9.70. The van der Waals surface area contributed by atoms with Crippen LogP contribution in [0, 0.1) is 0 Å². The Bertz CT molecular complexity index is 1580. The number of aliphatic hydroxyl groups is 1. The monoisotopic (exact) mass is 547 g/mol. The largest absolute Gasteiger partial charge is 0.507 e. The maximum Gasteiger partial charge on any atom is 0.301 e. The molecule has 1 fully saturated rings. The first-order valence-corrected chi connectivity index (χ1v) is 12.9. The van der Waals surface area contributed by atoms with Crippen molar-refractivity contribution in [3.63, 3.8) is 0 Å². The smallest absolute Gasteiger partial charge is 0.301 e. The molecule has 2 aromatic heterocycles. The highest BCUT2D eigenvalue weighted by Crippen LogP contribution is 2.46. The first-order chi connectivity index (χ1) is 18.4. The van der Waals surface area contributed by atoms with Crippen molar-refractivity contribution in [1.82, 2.24) is 9.97 Å². The molecule has 4 aromatic rings. The third kappa shape index (κ3) is 4.62. The molecule has 0 spiro atoms. The van der Waals surface area contributed by atoms with Gasteiger partial charge in [0.2, 0.25) is 0 Å². The number of fused-ring (bicyclic) bond motifs is 1. The van der Waals surface area contributed by atoms with Gasteiger partial charge in [-0.2, -0.15) is 0 Å². The van der Waals surface area contributed by atoms with Crippen molar-refractivity contribution < 1.29 is 24.2 Å². The molecule has 1 N–H and O–H groups in total. The van der Waals surface area contributed by atoms with Crippen LogP contribution in [0.15, 0.2) is 79.2 Å². The van der Waals surface area contributed by atoms with Crippen molar-refractivity contribution in [2.75, 3.05) is 18.1 Å². The van der Waals surface area contributed by atoms with E-state index in [-0.39, 0.29) is 17.9 Å². The minimum atomic E-state index is -0.980. The summed E-state index contributed by atoms with van der Waals surface area (Å²) < 4.78 is 12.3. The maximum absolute atomic E-state index is 13.5. The molecule has 1 atom stereocenters. The fourth-order valence-electron chi connectivity index (χ4n) is 4.23. The van der Waals surface area contributed by atoms with Crippen LogP contribution in [0.25, 0.3) is 16.0 Å². The number of benzene rings is 2. The predicted molar refractivity (Wildman–Crippen MR) is 147 cm³/mol. The van der Waals surface area contributed by atoms with Gasteiger partial charge in [0.05, 0.1) is 28.4 Å². The number of Topliss-reactive ketones (excluding diaryl/α,β-unsaturated/α-hetero) is 1. The van der Waals surface area contributed by atoms with Crippen LogP contribution < -0.4 is 14.4 Å². The Morgan fingerprint density at radius 3 is 2.66 bits per heavy atom. The second-order valence-electron chi connectivity index (χ2n) is 8.25. The minimum Gasteiger partial charge on any atom is -0.507 e. The Hall–Kier alpha value is -4.21. The number of carbonyl (C=O) groups excluding carboxylic acids is 2. The van der Waals surface area contributed by atoms with Crippen molar-refractivity contribution in [2.24, 2.45) is 0 Å². The highest BCUT2D eigenvalue weighted by atomic mass is 35.5. The Morgan fingerprint density at radius 1 is 1.13 bits per heavy atom. The van der Waals surface area contributed by atoms with Gasteiger partial charge in [-0.05, 0) is 55.0 Å². The number of ether oxygens (including phenoxy) is 2. The van der Waals surface area contributed by atoms with Crippen LogP contribution in [0.5, 0.6) is 11.5 Å². The third-order valence-electron chi connectivity index (χ3n) is 5.88. The first-order valence-electron chi connectivity index (χ1n) is 11.7. The van der Waals surface area contributed by atoms with E-state index in [9.17, 15) is 14.7 Å². The summed E-state index contributed by atoms with van der Waals surface area (Å²) >= 11 is 7.39. The lowest BCUT2D eigenvalue weighted by Gasteiger charge is -2.24. The molecule has 1 aliphatic rings. The number of aromatic nitrogens is 2. The molecule has 0 bridgehead atoms. The number of carbonyl (C=O) groups is 2. The lowest BCUT2D eigenvalue weighted by molar-refractivity contribution is -0.132. The molecular formula is C28H22ClN3O5S. The molecule has 1 saturated heterocycles. The maximum atomic E-state index is 13.5. The number of hydrogen-bond acceptors (Lipinski definition) is 8.